The summed E-state index contributed by atoms with van der Waals surface area (Å²) in [4.78, 5) is 14.9. The van der Waals surface area contributed by atoms with Crippen LogP contribution in [0.2, 0.25) is 0 Å². The van der Waals surface area contributed by atoms with Gasteiger partial charge in [-0.3, -0.25) is 9.55 Å². The van der Waals surface area contributed by atoms with Gasteiger partial charge in [-0.1, -0.05) is 24.4 Å². The van der Waals surface area contributed by atoms with E-state index < -0.39 is 0 Å². The Labute approximate surface area is 122 Å². The normalized spacial score (nSPS) is 13.2. The summed E-state index contributed by atoms with van der Waals surface area (Å²) in [5.41, 5.74) is 3.13. The molecule has 1 aliphatic carbocycles. The zero-order chi connectivity index (χ0) is 14.1. The standard InChI is InChI=1S/C15H16N2O2S/c1-19-11-5-2-4-10(8-11)9-17-13-7-3-6-12(13)14(20)16-15(17)18/h2,4-5,8H,3,6-7,9H2,1H3,(H,16,18,20). The van der Waals surface area contributed by atoms with Crippen LogP contribution in [0.15, 0.2) is 29.1 Å². The quantitative estimate of drug-likeness (QED) is 0.883. The molecule has 0 spiro atoms. The smallest absolute Gasteiger partial charge is 0.327 e. The highest BCUT2D eigenvalue weighted by molar-refractivity contribution is 7.71. The molecule has 0 saturated heterocycles. The van der Waals surface area contributed by atoms with Crippen LogP contribution in [-0.2, 0) is 19.4 Å². The van der Waals surface area contributed by atoms with E-state index in [1.807, 2.05) is 24.3 Å². The maximum atomic E-state index is 12.2. The number of methoxy groups -OCH3 is 1. The number of nitrogens with one attached hydrogen (secondary N) is 1. The van der Waals surface area contributed by atoms with Crippen molar-refractivity contribution >= 4 is 12.2 Å². The number of ether oxygens (including phenoxy) is 1. The van der Waals surface area contributed by atoms with Crippen molar-refractivity contribution in [2.75, 3.05) is 7.11 Å². The van der Waals surface area contributed by atoms with Gasteiger partial charge in [0.05, 0.1) is 13.7 Å². The highest BCUT2D eigenvalue weighted by Gasteiger charge is 2.18. The summed E-state index contributed by atoms with van der Waals surface area (Å²) in [5.74, 6) is 0.802. The van der Waals surface area contributed by atoms with E-state index in [1.54, 1.807) is 11.7 Å². The first-order valence-electron chi connectivity index (χ1n) is 6.67. The van der Waals surface area contributed by atoms with Gasteiger partial charge >= 0.3 is 5.69 Å². The molecule has 20 heavy (non-hydrogen) atoms. The van der Waals surface area contributed by atoms with Gasteiger partial charge in [0, 0.05) is 11.3 Å². The van der Waals surface area contributed by atoms with Gasteiger partial charge in [-0.2, -0.15) is 0 Å². The van der Waals surface area contributed by atoms with Crippen LogP contribution in [-0.4, -0.2) is 16.7 Å². The van der Waals surface area contributed by atoms with E-state index in [4.69, 9.17) is 17.0 Å². The molecule has 2 aromatic rings. The summed E-state index contributed by atoms with van der Waals surface area (Å²) in [7, 11) is 1.64. The van der Waals surface area contributed by atoms with E-state index >= 15 is 0 Å². The van der Waals surface area contributed by atoms with Crippen LogP contribution in [0.5, 0.6) is 5.75 Å². The van der Waals surface area contributed by atoms with Gasteiger partial charge in [0.25, 0.3) is 0 Å². The number of nitrogens with zero attached hydrogens (tertiary/aromatic N) is 1. The molecule has 4 nitrogen and oxygen atoms in total. The Bertz CT molecular complexity index is 761. The van der Waals surface area contributed by atoms with Crippen molar-refractivity contribution in [2.24, 2.45) is 0 Å². The van der Waals surface area contributed by atoms with E-state index in [9.17, 15) is 4.79 Å². The maximum Gasteiger partial charge on any atom is 0.327 e. The molecule has 3 rings (SSSR count). The lowest BCUT2D eigenvalue weighted by Crippen LogP contribution is -2.27. The fourth-order valence-electron chi connectivity index (χ4n) is 2.75. The summed E-state index contributed by atoms with van der Waals surface area (Å²) in [5, 5.41) is 0. The van der Waals surface area contributed by atoms with Gasteiger partial charge in [-0.05, 0) is 37.0 Å². The van der Waals surface area contributed by atoms with Gasteiger partial charge in [-0.25, -0.2) is 4.79 Å². The van der Waals surface area contributed by atoms with Crippen molar-refractivity contribution in [3.63, 3.8) is 0 Å². The fourth-order valence-corrected chi connectivity index (χ4v) is 3.06. The highest BCUT2D eigenvalue weighted by atomic mass is 32.1. The largest absolute Gasteiger partial charge is 0.497 e. The molecule has 0 atom stereocenters. The van der Waals surface area contributed by atoms with E-state index in [0.29, 0.717) is 11.2 Å². The molecular formula is C15H16N2O2S. The lowest BCUT2D eigenvalue weighted by molar-refractivity contribution is 0.414. The SMILES string of the molecule is COc1cccc(Cn2c3c(c(=S)[nH]c2=O)CCC3)c1. The molecule has 0 amide bonds. The van der Waals surface area contributed by atoms with Gasteiger partial charge in [-0.15, -0.1) is 0 Å². The molecule has 5 heteroatoms. The lowest BCUT2D eigenvalue weighted by atomic mass is 10.2. The van der Waals surface area contributed by atoms with Crippen molar-refractivity contribution < 1.29 is 4.74 Å². The van der Waals surface area contributed by atoms with E-state index in [1.165, 1.54) is 0 Å². The average Bonchev–Trinajstić information content (AvgIpc) is 2.93. The summed E-state index contributed by atoms with van der Waals surface area (Å²) >= 11 is 5.24. The number of aromatic nitrogens is 2. The molecule has 104 valence electrons. The van der Waals surface area contributed by atoms with Crippen LogP contribution in [0.1, 0.15) is 23.2 Å². The summed E-state index contributed by atoms with van der Waals surface area (Å²) in [6.07, 6.45) is 2.95. The molecule has 0 fully saturated rings. The Balaban J connectivity index is 2.05. The Kier molecular flexibility index (Phi) is 3.44. The third kappa shape index (κ3) is 2.29. The Hall–Kier alpha value is -1.88. The first-order chi connectivity index (χ1) is 9.69. The number of H-pyrrole nitrogens is 1. The summed E-state index contributed by atoms with van der Waals surface area (Å²) in [6, 6.07) is 7.78. The molecule has 0 radical (unpaired) electrons. The van der Waals surface area contributed by atoms with E-state index in [2.05, 4.69) is 4.98 Å². The minimum atomic E-state index is -0.126. The molecule has 0 bridgehead atoms. The summed E-state index contributed by atoms with van der Waals surface area (Å²) in [6.45, 7) is 0.546. The zero-order valence-electron chi connectivity index (χ0n) is 11.3. The molecule has 0 unspecified atom stereocenters. The number of rotatable bonds is 3. The minimum absolute atomic E-state index is 0.126. The number of fused-ring (bicyclic) bond motifs is 1. The first kappa shape index (κ1) is 13.1. The third-order valence-corrected chi connectivity index (χ3v) is 4.08. The van der Waals surface area contributed by atoms with Crippen molar-refractivity contribution in [1.82, 2.24) is 9.55 Å². The number of aromatic amines is 1. The predicted octanol–water partition coefficient (Wildman–Crippen LogP) is 2.45. The van der Waals surface area contributed by atoms with Crippen molar-refractivity contribution in [2.45, 2.75) is 25.8 Å². The van der Waals surface area contributed by atoms with Gasteiger partial charge in [0.15, 0.2) is 0 Å². The van der Waals surface area contributed by atoms with Crippen LogP contribution in [0.4, 0.5) is 0 Å². The van der Waals surface area contributed by atoms with Crippen molar-refractivity contribution in [1.29, 1.82) is 0 Å². The Morgan fingerprint density at radius 2 is 2.25 bits per heavy atom. The molecule has 0 aliphatic heterocycles. The average molecular weight is 288 g/mol. The predicted molar refractivity (Wildman–Crippen MR) is 80.0 cm³/mol. The molecule has 1 aliphatic rings. The minimum Gasteiger partial charge on any atom is -0.497 e. The van der Waals surface area contributed by atoms with Crippen molar-refractivity contribution in [3.8, 4) is 5.75 Å². The van der Waals surface area contributed by atoms with Crippen LogP contribution in [0.3, 0.4) is 0 Å². The van der Waals surface area contributed by atoms with Crippen LogP contribution in [0.25, 0.3) is 0 Å². The third-order valence-electron chi connectivity index (χ3n) is 3.73. The van der Waals surface area contributed by atoms with Crippen molar-refractivity contribution in [3.05, 3.63) is 56.2 Å². The number of benzene rings is 1. The second-order valence-electron chi connectivity index (χ2n) is 4.98. The second-order valence-corrected chi connectivity index (χ2v) is 5.38. The topological polar surface area (TPSA) is 47.0 Å². The van der Waals surface area contributed by atoms with Gasteiger partial charge in [0.2, 0.25) is 0 Å². The summed E-state index contributed by atoms with van der Waals surface area (Å²) < 4.78 is 7.62. The molecule has 1 aromatic heterocycles. The molecule has 0 saturated carbocycles. The van der Waals surface area contributed by atoms with Crippen LogP contribution in [0, 0.1) is 4.64 Å². The molecule has 1 N–H and O–H groups in total. The number of hydrogen-bond donors (Lipinski definition) is 1. The van der Waals surface area contributed by atoms with Gasteiger partial charge in [0.1, 0.15) is 10.4 Å². The van der Waals surface area contributed by atoms with Crippen LogP contribution < -0.4 is 10.4 Å². The van der Waals surface area contributed by atoms with E-state index in [0.717, 1.165) is 41.8 Å². The molecule has 1 aromatic carbocycles. The Morgan fingerprint density at radius 3 is 3.05 bits per heavy atom. The zero-order valence-corrected chi connectivity index (χ0v) is 12.1. The highest BCUT2D eigenvalue weighted by Crippen LogP contribution is 2.22. The molecule has 1 heterocycles. The monoisotopic (exact) mass is 288 g/mol. The first-order valence-corrected chi connectivity index (χ1v) is 7.07. The van der Waals surface area contributed by atoms with E-state index in [-0.39, 0.29) is 5.69 Å². The number of hydrogen-bond acceptors (Lipinski definition) is 3. The fraction of sp³-hybridized carbons (Fsp3) is 0.333. The molecular weight excluding hydrogens is 272 g/mol. The lowest BCUT2D eigenvalue weighted by Gasteiger charge is -2.12. The van der Waals surface area contributed by atoms with Crippen LogP contribution >= 0.6 is 12.2 Å². The Morgan fingerprint density at radius 1 is 1.40 bits per heavy atom. The maximum absolute atomic E-state index is 12.2. The second kappa shape index (κ2) is 5.25. The van der Waals surface area contributed by atoms with Gasteiger partial charge < -0.3 is 4.74 Å².